The van der Waals surface area contributed by atoms with Crippen molar-refractivity contribution in [1.29, 1.82) is 0 Å². The highest BCUT2D eigenvalue weighted by molar-refractivity contribution is 5.95. The van der Waals surface area contributed by atoms with E-state index in [0.717, 1.165) is 43.3 Å². The van der Waals surface area contributed by atoms with E-state index in [1.54, 1.807) is 4.68 Å². The van der Waals surface area contributed by atoms with Crippen LogP contribution in [0.4, 0.5) is 18.9 Å². The van der Waals surface area contributed by atoms with Gasteiger partial charge in [0, 0.05) is 46.4 Å². The summed E-state index contributed by atoms with van der Waals surface area (Å²) in [5.41, 5.74) is 2.46. The maximum absolute atomic E-state index is 12.6. The third kappa shape index (κ3) is 6.46. The number of carbonyl (C=O) groups is 1. The number of alkyl halides is 3. The molecule has 2 heterocycles. The first-order valence-corrected chi connectivity index (χ1v) is 9.50. The molecule has 0 spiro atoms. The van der Waals surface area contributed by atoms with Gasteiger partial charge in [-0.25, -0.2) is 0 Å². The molecule has 1 N–H and O–H groups in total. The normalized spacial score (nSPS) is 17.7. The number of aromatic nitrogens is 2. The van der Waals surface area contributed by atoms with Crippen LogP contribution in [0.25, 0.3) is 0 Å². The van der Waals surface area contributed by atoms with Gasteiger partial charge in [0.25, 0.3) is 0 Å². The number of nitrogens with zero attached hydrogens (tertiary/aromatic N) is 4. The molecule has 1 aromatic rings. The summed E-state index contributed by atoms with van der Waals surface area (Å²) in [5, 5.41) is 7.29. The maximum Gasteiger partial charge on any atom is 0.411 e. The number of hydrogen-bond donors (Lipinski definition) is 1. The average molecular weight is 405 g/mol. The molecule has 0 aromatic carbocycles. The van der Waals surface area contributed by atoms with E-state index in [2.05, 4.69) is 25.0 Å². The van der Waals surface area contributed by atoms with E-state index in [1.807, 2.05) is 27.8 Å². The Bertz CT molecular complexity index is 654. The second kappa shape index (κ2) is 9.71. The van der Waals surface area contributed by atoms with Gasteiger partial charge in [0.15, 0.2) is 0 Å². The van der Waals surface area contributed by atoms with Crippen LogP contribution in [0.1, 0.15) is 24.7 Å². The summed E-state index contributed by atoms with van der Waals surface area (Å²) in [6.45, 7) is 8.31. The second-order valence-electron chi connectivity index (χ2n) is 7.23. The zero-order valence-electron chi connectivity index (χ0n) is 17.0. The van der Waals surface area contributed by atoms with Crippen molar-refractivity contribution in [3.05, 3.63) is 11.4 Å². The molecule has 2 rings (SSSR count). The average Bonchev–Trinajstić information content (AvgIpc) is 2.86. The van der Waals surface area contributed by atoms with Crippen LogP contribution in [0.5, 0.6) is 0 Å². The van der Waals surface area contributed by atoms with E-state index >= 15 is 0 Å². The van der Waals surface area contributed by atoms with Gasteiger partial charge in [0.05, 0.1) is 23.1 Å². The lowest BCUT2D eigenvalue weighted by Gasteiger charge is -2.37. The van der Waals surface area contributed by atoms with Crippen molar-refractivity contribution < 1.29 is 22.7 Å². The highest BCUT2D eigenvalue weighted by atomic mass is 19.4. The van der Waals surface area contributed by atoms with Gasteiger partial charge in [0.2, 0.25) is 5.91 Å². The fraction of sp³-hybridized carbons (Fsp3) is 0.778. The van der Waals surface area contributed by atoms with Crippen LogP contribution in [-0.4, -0.2) is 83.6 Å². The third-order valence-corrected chi connectivity index (χ3v) is 5.12. The number of piperazine rings is 1. The molecule has 0 aliphatic carbocycles. The van der Waals surface area contributed by atoms with Crippen molar-refractivity contribution in [1.82, 2.24) is 19.6 Å². The first kappa shape index (κ1) is 22.6. The summed E-state index contributed by atoms with van der Waals surface area (Å²) in [6, 6.07) is -0.267. The number of amides is 1. The lowest BCUT2D eigenvalue weighted by atomic mass is 10.2. The van der Waals surface area contributed by atoms with Crippen molar-refractivity contribution in [3.8, 4) is 0 Å². The van der Waals surface area contributed by atoms with E-state index in [1.165, 1.54) is 0 Å². The van der Waals surface area contributed by atoms with Crippen molar-refractivity contribution in [2.75, 3.05) is 51.3 Å². The van der Waals surface area contributed by atoms with Crippen LogP contribution >= 0.6 is 0 Å². The Hall–Kier alpha value is -1.65. The zero-order chi connectivity index (χ0) is 20.9. The molecular formula is C18H30F3N5O2. The number of nitrogens with one attached hydrogen (secondary N) is 1. The highest BCUT2D eigenvalue weighted by Gasteiger charge is 2.28. The quantitative estimate of drug-likeness (QED) is 0.670. The summed E-state index contributed by atoms with van der Waals surface area (Å²) in [4.78, 5) is 16.9. The fourth-order valence-electron chi connectivity index (χ4n) is 3.30. The number of anilines is 1. The highest BCUT2D eigenvalue weighted by Crippen LogP contribution is 2.19. The molecular weight excluding hydrogens is 375 g/mol. The Labute approximate surface area is 163 Å². The molecule has 1 unspecified atom stereocenters. The largest absolute Gasteiger partial charge is 0.411 e. The number of ether oxygens (including phenoxy) is 1. The summed E-state index contributed by atoms with van der Waals surface area (Å²) in [6.07, 6.45) is -3.71. The van der Waals surface area contributed by atoms with Crippen molar-refractivity contribution >= 4 is 11.6 Å². The Morgan fingerprint density at radius 2 is 1.89 bits per heavy atom. The van der Waals surface area contributed by atoms with Gasteiger partial charge >= 0.3 is 6.18 Å². The van der Waals surface area contributed by atoms with Crippen LogP contribution in [0.3, 0.4) is 0 Å². The van der Waals surface area contributed by atoms with E-state index in [-0.39, 0.29) is 18.6 Å². The van der Waals surface area contributed by atoms with Crippen LogP contribution in [0, 0.1) is 13.8 Å². The standard InChI is InChI=1S/C18H30F3N5O2/c1-13-16(14(2)24(4)23-13)22-17(27)15(3)26-9-7-25(8-10-26)6-5-11-28-12-18(19,20)21/h15H,5-12H2,1-4H3,(H,22,27). The number of rotatable bonds is 8. The molecule has 1 fully saturated rings. The van der Waals surface area contributed by atoms with Gasteiger partial charge in [-0.3, -0.25) is 14.4 Å². The second-order valence-corrected chi connectivity index (χ2v) is 7.23. The van der Waals surface area contributed by atoms with Crippen molar-refractivity contribution in [2.24, 2.45) is 7.05 Å². The minimum atomic E-state index is -4.27. The van der Waals surface area contributed by atoms with E-state index in [9.17, 15) is 18.0 Å². The van der Waals surface area contributed by atoms with Gasteiger partial charge in [0.1, 0.15) is 6.61 Å². The fourth-order valence-corrected chi connectivity index (χ4v) is 3.30. The Morgan fingerprint density at radius 1 is 1.25 bits per heavy atom. The molecule has 1 aromatic heterocycles. The SMILES string of the molecule is Cc1nn(C)c(C)c1NC(=O)C(C)N1CCN(CCCOCC(F)(F)F)CC1. The first-order valence-electron chi connectivity index (χ1n) is 9.50. The number of aryl methyl sites for hydroxylation is 2. The van der Waals surface area contributed by atoms with Crippen LogP contribution in [-0.2, 0) is 16.6 Å². The van der Waals surface area contributed by atoms with Gasteiger partial charge in [-0.15, -0.1) is 0 Å². The van der Waals surface area contributed by atoms with E-state index in [4.69, 9.17) is 0 Å². The molecule has 0 bridgehead atoms. The lowest BCUT2D eigenvalue weighted by molar-refractivity contribution is -0.174. The Morgan fingerprint density at radius 3 is 2.43 bits per heavy atom. The number of carbonyl (C=O) groups excluding carboxylic acids is 1. The van der Waals surface area contributed by atoms with E-state index < -0.39 is 12.8 Å². The summed E-state index contributed by atoms with van der Waals surface area (Å²) in [5.74, 6) is -0.0619. The van der Waals surface area contributed by atoms with Gasteiger partial charge in [-0.1, -0.05) is 0 Å². The molecule has 28 heavy (non-hydrogen) atoms. The number of hydrogen-bond acceptors (Lipinski definition) is 5. The molecule has 160 valence electrons. The molecule has 1 aliphatic heterocycles. The van der Waals surface area contributed by atoms with Crippen molar-refractivity contribution in [2.45, 2.75) is 39.4 Å². The summed E-state index contributed by atoms with van der Waals surface area (Å²) >= 11 is 0. The molecule has 1 atom stereocenters. The van der Waals surface area contributed by atoms with Crippen LogP contribution < -0.4 is 5.32 Å². The molecule has 0 radical (unpaired) electrons. The minimum absolute atomic E-state index is 0.0619. The zero-order valence-corrected chi connectivity index (χ0v) is 17.0. The van der Waals surface area contributed by atoms with Crippen LogP contribution in [0.15, 0.2) is 0 Å². The maximum atomic E-state index is 12.6. The molecule has 0 saturated carbocycles. The molecule has 7 nitrogen and oxygen atoms in total. The molecule has 1 amide bonds. The first-order chi connectivity index (χ1) is 13.1. The van der Waals surface area contributed by atoms with Crippen LogP contribution in [0.2, 0.25) is 0 Å². The Balaban J connectivity index is 1.71. The topological polar surface area (TPSA) is 62.6 Å². The monoisotopic (exact) mass is 405 g/mol. The number of halogens is 3. The predicted molar refractivity (Wildman–Crippen MR) is 100 cm³/mol. The molecule has 10 heteroatoms. The molecule has 1 saturated heterocycles. The van der Waals surface area contributed by atoms with Crippen molar-refractivity contribution in [3.63, 3.8) is 0 Å². The minimum Gasteiger partial charge on any atom is -0.372 e. The summed E-state index contributed by atoms with van der Waals surface area (Å²) in [7, 11) is 1.84. The van der Waals surface area contributed by atoms with E-state index in [0.29, 0.717) is 13.0 Å². The Kier molecular flexibility index (Phi) is 7.85. The van der Waals surface area contributed by atoms with Gasteiger partial charge < -0.3 is 15.0 Å². The van der Waals surface area contributed by atoms with Gasteiger partial charge in [-0.05, 0) is 27.2 Å². The lowest BCUT2D eigenvalue weighted by Crippen LogP contribution is -2.52. The smallest absolute Gasteiger partial charge is 0.372 e. The van der Waals surface area contributed by atoms with Gasteiger partial charge in [-0.2, -0.15) is 18.3 Å². The summed E-state index contributed by atoms with van der Waals surface area (Å²) < 4.78 is 42.5. The third-order valence-electron chi connectivity index (χ3n) is 5.12. The molecule has 1 aliphatic rings. The predicted octanol–water partition coefficient (Wildman–Crippen LogP) is 1.95.